The van der Waals surface area contributed by atoms with Crippen molar-refractivity contribution in [2.75, 3.05) is 25.1 Å². The van der Waals surface area contributed by atoms with Crippen molar-refractivity contribution in [2.24, 2.45) is 11.1 Å². The van der Waals surface area contributed by atoms with Gasteiger partial charge in [0, 0.05) is 36.3 Å². The summed E-state index contributed by atoms with van der Waals surface area (Å²) >= 11 is 1.49. The van der Waals surface area contributed by atoms with E-state index in [1.807, 2.05) is 18.2 Å². The molecule has 0 unspecified atom stereocenters. The topological polar surface area (TPSA) is 119 Å². The molecular weight excluding hydrogens is 484 g/mol. The van der Waals surface area contributed by atoms with Crippen LogP contribution in [0.15, 0.2) is 64.8 Å². The van der Waals surface area contributed by atoms with Gasteiger partial charge in [0.2, 0.25) is 11.8 Å². The van der Waals surface area contributed by atoms with Gasteiger partial charge in [-0.3, -0.25) is 4.98 Å². The second-order valence-electron chi connectivity index (χ2n) is 9.78. The molecule has 1 atom stereocenters. The van der Waals surface area contributed by atoms with Crippen molar-refractivity contribution in [2.45, 2.75) is 35.2 Å². The van der Waals surface area contributed by atoms with Crippen LogP contribution in [0.1, 0.15) is 30.0 Å². The van der Waals surface area contributed by atoms with E-state index in [2.05, 4.69) is 49.1 Å². The number of imidazole rings is 1. The average molecular weight is 511 g/mol. The Morgan fingerprint density at radius 2 is 1.92 bits per heavy atom. The lowest BCUT2D eigenvalue weighted by molar-refractivity contribution is 0.187. The molecule has 0 bridgehead atoms. The molecule has 1 aliphatic heterocycles. The summed E-state index contributed by atoms with van der Waals surface area (Å²) in [6, 6.07) is 14.4. The fourth-order valence-corrected chi connectivity index (χ4v) is 6.56. The Morgan fingerprint density at radius 1 is 1.05 bits per heavy atom. The Kier molecular flexibility index (Phi) is 5.26. The zero-order chi connectivity index (χ0) is 25.0. The highest BCUT2D eigenvalue weighted by Gasteiger charge is 2.46. The largest absolute Gasteiger partial charge is 0.481 e. The Balaban J connectivity index is 1.11. The molecule has 0 amide bonds. The fourth-order valence-electron chi connectivity index (χ4n) is 5.72. The van der Waals surface area contributed by atoms with Gasteiger partial charge in [0.1, 0.15) is 10.5 Å². The van der Waals surface area contributed by atoms with Crippen LogP contribution in [0.5, 0.6) is 5.88 Å². The van der Waals surface area contributed by atoms with E-state index >= 15 is 0 Å². The molecule has 1 fully saturated rings. The number of anilines is 1. The number of rotatable bonds is 4. The number of aromatic nitrogens is 6. The minimum absolute atomic E-state index is 0.100. The summed E-state index contributed by atoms with van der Waals surface area (Å²) in [5.74, 6) is 1.36. The first-order chi connectivity index (χ1) is 18.1. The predicted octanol–water partition coefficient (Wildman–Crippen LogP) is 4.30. The lowest BCUT2D eigenvalue weighted by atomic mass is 9.73. The van der Waals surface area contributed by atoms with Gasteiger partial charge in [-0.05, 0) is 47.9 Å². The number of hydrogen-bond donors (Lipinski definition) is 2. The van der Waals surface area contributed by atoms with Crippen molar-refractivity contribution < 1.29 is 4.74 Å². The molecule has 1 spiro atoms. The summed E-state index contributed by atoms with van der Waals surface area (Å²) < 4.78 is 5.30. The van der Waals surface area contributed by atoms with E-state index in [4.69, 9.17) is 20.4 Å². The van der Waals surface area contributed by atoms with Crippen LogP contribution in [0.2, 0.25) is 0 Å². The van der Waals surface area contributed by atoms with Gasteiger partial charge in [-0.15, -0.1) is 0 Å². The third-order valence-corrected chi connectivity index (χ3v) is 8.73. The smallest absolute Gasteiger partial charge is 0.213 e. The van der Waals surface area contributed by atoms with Gasteiger partial charge in [0.15, 0.2) is 11.3 Å². The van der Waals surface area contributed by atoms with Gasteiger partial charge in [-0.1, -0.05) is 36.0 Å². The molecule has 1 aliphatic carbocycles. The fraction of sp³-hybridized carbons (Fsp3) is 0.296. The average Bonchev–Trinajstić information content (AvgIpc) is 3.48. The van der Waals surface area contributed by atoms with Crippen LogP contribution in [0.25, 0.3) is 22.3 Å². The first-order valence-electron chi connectivity index (χ1n) is 12.4. The molecule has 186 valence electrons. The van der Waals surface area contributed by atoms with E-state index in [9.17, 15) is 0 Å². The predicted molar refractivity (Wildman–Crippen MR) is 143 cm³/mol. The SMILES string of the molecule is COc1ccc2nccc(Sc3cnc4[nH]c(N5CCC6(CC5)Cc5ccccc5[C@H]6N)nc4n3)c2n1. The van der Waals surface area contributed by atoms with Crippen molar-refractivity contribution in [3.8, 4) is 5.88 Å². The van der Waals surface area contributed by atoms with E-state index in [1.54, 1.807) is 19.5 Å². The number of H-pyrrole nitrogens is 1. The number of methoxy groups -OCH3 is 1. The maximum atomic E-state index is 6.75. The van der Waals surface area contributed by atoms with Crippen molar-refractivity contribution >= 4 is 40.0 Å². The standard InChI is InChI=1S/C27H26N8OS/c1-36-20-7-6-18-22(31-20)19(8-11-29-18)37-21-15-30-24-25(32-21)34-26(33-24)35-12-9-27(10-13-35)14-16-4-2-3-5-17(16)23(27)28/h2-8,11,15,23H,9-10,12-14,28H2,1H3,(H,30,32,33,34)/t23-/m1/s1. The lowest BCUT2D eigenvalue weighted by Crippen LogP contribution is -2.44. The van der Waals surface area contributed by atoms with E-state index < -0.39 is 0 Å². The molecule has 5 aromatic rings. The van der Waals surface area contributed by atoms with Crippen molar-refractivity contribution in [1.29, 1.82) is 0 Å². The molecule has 3 N–H and O–H groups in total. The highest BCUT2D eigenvalue weighted by Crippen LogP contribution is 2.50. The molecule has 1 aromatic carbocycles. The van der Waals surface area contributed by atoms with Crippen LogP contribution in [-0.2, 0) is 6.42 Å². The number of nitrogens with two attached hydrogens (primary N) is 1. The molecule has 7 rings (SSSR count). The van der Waals surface area contributed by atoms with Crippen LogP contribution in [0.4, 0.5) is 5.95 Å². The first-order valence-corrected chi connectivity index (χ1v) is 13.2. The van der Waals surface area contributed by atoms with Gasteiger partial charge >= 0.3 is 0 Å². The van der Waals surface area contributed by atoms with E-state index in [0.717, 1.165) is 59.3 Å². The normalized spacial score (nSPS) is 18.5. The number of ether oxygens (including phenoxy) is 1. The summed E-state index contributed by atoms with van der Waals surface area (Å²) in [5.41, 5.74) is 12.5. The number of hydrogen-bond acceptors (Lipinski definition) is 9. The number of piperidine rings is 1. The molecule has 37 heavy (non-hydrogen) atoms. The number of nitrogens with zero attached hydrogens (tertiary/aromatic N) is 6. The second-order valence-corrected chi connectivity index (χ2v) is 10.8. The summed E-state index contributed by atoms with van der Waals surface area (Å²) in [4.78, 5) is 29.8. The molecule has 0 saturated carbocycles. The van der Waals surface area contributed by atoms with Crippen LogP contribution in [0.3, 0.4) is 0 Å². The third-order valence-electron chi connectivity index (χ3n) is 7.77. The quantitative estimate of drug-likeness (QED) is 0.365. The van der Waals surface area contributed by atoms with Crippen LogP contribution >= 0.6 is 11.8 Å². The number of pyridine rings is 2. The molecule has 5 heterocycles. The molecule has 2 aliphatic rings. The van der Waals surface area contributed by atoms with Gasteiger partial charge in [-0.2, -0.15) is 4.98 Å². The Labute approximate surface area is 217 Å². The van der Waals surface area contributed by atoms with Gasteiger partial charge < -0.3 is 20.4 Å². The maximum absolute atomic E-state index is 6.75. The van der Waals surface area contributed by atoms with Crippen molar-refractivity contribution in [3.63, 3.8) is 0 Å². The Hall–Kier alpha value is -3.76. The lowest BCUT2D eigenvalue weighted by Gasteiger charge is -2.42. The van der Waals surface area contributed by atoms with Crippen molar-refractivity contribution in [1.82, 2.24) is 29.9 Å². The highest BCUT2D eigenvalue weighted by molar-refractivity contribution is 7.99. The summed E-state index contributed by atoms with van der Waals surface area (Å²) in [7, 11) is 1.61. The minimum Gasteiger partial charge on any atom is -0.481 e. The Morgan fingerprint density at radius 3 is 2.76 bits per heavy atom. The second kappa shape index (κ2) is 8.67. The molecular formula is C27H26N8OS. The minimum atomic E-state index is 0.100. The first kappa shape index (κ1) is 22.4. The molecule has 9 nitrogen and oxygen atoms in total. The number of aromatic amines is 1. The molecule has 0 radical (unpaired) electrons. The monoisotopic (exact) mass is 510 g/mol. The summed E-state index contributed by atoms with van der Waals surface area (Å²) in [5, 5.41) is 0.745. The maximum Gasteiger partial charge on any atom is 0.213 e. The van der Waals surface area contributed by atoms with E-state index in [-0.39, 0.29) is 11.5 Å². The number of fused-ring (bicyclic) bond motifs is 3. The highest BCUT2D eigenvalue weighted by atomic mass is 32.2. The zero-order valence-electron chi connectivity index (χ0n) is 20.4. The number of benzene rings is 1. The van der Waals surface area contributed by atoms with Gasteiger partial charge in [-0.25, -0.2) is 15.0 Å². The van der Waals surface area contributed by atoms with E-state index in [1.165, 1.54) is 22.9 Å². The van der Waals surface area contributed by atoms with E-state index in [0.29, 0.717) is 17.2 Å². The molecule has 4 aromatic heterocycles. The van der Waals surface area contributed by atoms with Crippen LogP contribution in [0, 0.1) is 5.41 Å². The van der Waals surface area contributed by atoms with Gasteiger partial charge in [0.05, 0.1) is 18.8 Å². The summed E-state index contributed by atoms with van der Waals surface area (Å²) in [6.07, 6.45) is 6.67. The van der Waals surface area contributed by atoms with Gasteiger partial charge in [0.25, 0.3) is 0 Å². The molecule has 1 saturated heterocycles. The zero-order valence-corrected chi connectivity index (χ0v) is 21.2. The van der Waals surface area contributed by atoms with Crippen LogP contribution < -0.4 is 15.4 Å². The van der Waals surface area contributed by atoms with Crippen molar-refractivity contribution in [3.05, 3.63) is 66.0 Å². The third kappa shape index (κ3) is 3.79. The Bertz CT molecular complexity index is 1630. The summed E-state index contributed by atoms with van der Waals surface area (Å²) in [6.45, 7) is 1.80. The number of nitrogens with one attached hydrogen (secondary N) is 1. The van der Waals surface area contributed by atoms with Crippen LogP contribution in [-0.4, -0.2) is 50.1 Å². The molecule has 10 heteroatoms.